The first kappa shape index (κ1) is 27.6. The molecule has 0 N–H and O–H groups in total. The summed E-state index contributed by atoms with van der Waals surface area (Å²) in [6.07, 6.45) is 1.84. The van der Waals surface area contributed by atoms with Gasteiger partial charge >= 0.3 is 11.6 Å². The van der Waals surface area contributed by atoms with Crippen molar-refractivity contribution >= 4 is 28.6 Å². The molecule has 6 rings (SSSR count). The predicted molar refractivity (Wildman–Crippen MR) is 161 cm³/mol. The molecule has 2 bridgehead atoms. The first-order chi connectivity index (χ1) is 20.1. The molecule has 0 radical (unpaired) electrons. The van der Waals surface area contributed by atoms with Gasteiger partial charge < -0.3 is 14.2 Å². The number of fused-ring (bicyclic) bond motifs is 3. The Morgan fingerprint density at radius 2 is 1.45 bits per heavy atom. The second-order valence-corrected chi connectivity index (χ2v) is 12.3. The summed E-state index contributed by atoms with van der Waals surface area (Å²) >= 11 is 0. The second-order valence-electron chi connectivity index (χ2n) is 12.3. The van der Waals surface area contributed by atoms with Gasteiger partial charge in [0.05, 0.1) is 11.1 Å². The zero-order valence-corrected chi connectivity index (χ0v) is 24.1. The van der Waals surface area contributed by atoms with Crippen LogP contribution in [-0.4, -0.2) is 22.5 Å². The number of benzene rings is 3. The predicted octanol–water partition coefficient (Wildman–Crippen LogP) is 6.75. The van der Waals surface area contributed by atoms with E-state index in [0.29, 0.717) is 36.2 Å². The van der Waals surface area contributed by atoms with E-state index in [1.54, 1.807) is 24.3 Å². The molecule has 3 aromatic carbocycles. The Labute approximate surface area is 244 Å². The molecule has 2 saturated carbocycles. The molecule has 0 spiro atoms. The van der Waals surface area contributed by atoms with Crippen molar-refractivity contribution in [3.63, 3.8) is 0 Å². The molecule has 1 heterocycles. The molecule has 214 valence electrons. The second kappa shape index (κ2) is 10.4. The minimum atomic E-state index is -0.874. The number of amides is 1. The summed E-state index contributed by atoms with van der Waals surface area (Å²) in [7, 11) is 0. The van der Waals surface area contributed by atoms with Crippen molar-refractivity contribution in [2.45, 2.75) is 53.1 Å². The van der Waals surface area contributed by atoms with Crippen LogP contribution < -0.4 is 5.63 Å². The topological polar surface area (TPSA) is 89.2 Å². The fourth-order valence-corrected chi connectivity index (χ4v) is 6.95. The summed E-state index contributed by atoms with van der Waals surface area (Å²) in [6.45, 7) is 7.34. The van der Waals surface area contributed by atoms with Gasteiger partial charge in [0.25, 0.3) is 0 Å². The van der Waals surface area contributed by atoms with Gasteiger partial charge in [-0.05, 0) is 41.5 Å². The maximum absolute atomic E-state index is 14.7. The van der Waals surface area contributed by atoms with Crippen molar-refractivity contribution in [1.29, 1.82) is 0 Å². The highest BCUT2D eigenvalue weighted by atomic mass is 16.7. The third kappa shape index (κ3) is 4.44. The van der Waals surface area contributed by atoms with Gasteiger partial charge in [0.1, 0.15) is 11.1 Å². The standard InChI is InChI=1S/C35H34N2O5/c1-33(2)34(3)18-19-35(33,32(40)37(22-24-12-6-4-7-13-24)23-25-14-8-5-9-15-25)21-29(34)36-42-31(39)27-20-26-16-10-11-17-28(26)41-30(27)38/h4-17,20H,18-19,21-23H2,1-3H3. The highest BCUT2D eigenvalue weighted by Gasteiger charge is 2.72. The molecule has 7 heteroatoms. The van der Waals surface area contributed by atoms with Gasteiger partial charge in [-0.3, -0.25) is 4.79 Å². The molecule has 2 fully saturated rings. The molecule has 1 aromatic heterocycles. The van der Waals surface area contributed by atoms with Crippen LogP contribution in [0.25, 0.3) is 11.0 Å². The lowest BCUT2D eigenvalue weighted by atomic mass is 9.64. The number of para-hydroxylation sites is 1. The Morgan fingerprint density at radius 1 is 0.857 bits per heavy atom. The quantitative estimate of drug-likeness (QED) is 0.141. The molecule has 2 unspecified atom stereocenters. The lowest BCUT2D eigenvalue weighted by Gasteiger charge is -2.42. The van der Waals surface area contributed by atoms with Crippen LogP contribution in [0.5, 0.6) is 0 Å². The molecule has 42 heavy (non-hydrogen) atoms. The number of oxime groups is 1. The Morgan fingerprint density at radius 3 is 2.10 bits per heavy atom. The van der Waals surface area contributed by atoms with Crippen LogP contribution in [0.2, 0.25) is 0 Å². The molecule has 7 nitrogen and oxygen atoms in total. The Hall–Kier alpha value is -4.52. The van der Waals surface area contributed by atoms with Crippen molar-refractivity contribution in [3.05, 3.63) is 118 Å². The molecule has 4 aromatic rings. The first-order valence-corrected chi connectivity index (χ1v) is 14.3. The van der Waals surface area contributed by atoms with E-state index in [2.05, 4.69) is 25.9 Å². The molecular formula is C35H34N2O5. The van der Waals surface area contributed by atoms with E-state index >= 15 is 0 Å². The molecule has 2 atom stereocenters. The van der Waals surface area contributed by atoms with Gasteiger partial charge in [-0.1, -0.05) is 105 Å². The number of carbonyl (C=O) groups excluding carboxylic acids is 2. The SMILES string of the molecule is CC12CCC(C(=O)N(Cc3ccccc3)Cc3ccccc3)(CC1=NOC(=O)c1cc3ccccc3oc1=O)C2(C)C. The number of hydrogen-bond donors (Lipinski definition) is 0. The monoisotopic (exact) mass is 562 g/mol. The number of nitrogens with zero attached hydrogens (tertiary/aromatic N) is 2. The van der Waals surface area contributed by atoms with Crippen LogP contribution in [0.15, 0.2) is 105 Å². The van der Waals surface area contributed by atoms with Crippen LogP contribution in [-0.2, 0) is 22.7 Å². The lowest BCUT2D eigenvalue weighted by Crippen LogP contribution is -2.48. The maximum Gasteiger partial charge on any atom is 0.373 e. The third-order valence-corrected chi connectivity index (χ3v) is 9.96. The van der Waals surface area contributed by atoms with E-state index in [0.717, 1.165) is 24.0 Å². The van der Waals surface area contributed by atoms with Gasteiger partial charge in [-0.15, -0.1) is 0 Å². The number of hydrogen-bond acceptors (Lipinski definition) is 6. The zero-order valence-electron chi connectivity index (χ0n) is 24.1. The van der Waals surface area contributed by atoms with E-state index in [4.69, 9.17) is 9.25 Å². The van der Waals surface area contributed by atoms with E-state index in [1.807, 2.05) is 65.6 Å². The van der Waals surface area contributed by atoms with Crippen molar-refractivity contribution < 1.29 is 18.8 Å². The summed E-state index contributed by atoms with van der Waals surface area (Å²) in [5.41, 5.74) is 0.583. The summed E-state index contributed by atoms with van der Waals surface area (Å²) in [5.74, 6) is -0.794. The fraction of sp³-hybridized carbons (Fsp3) is 0.314. The molecular weight excluding hydrogens is 528 g/mol. The van der Waals surface area contributed by atoms with Crippen LogP contribution >= 0.6 is 0 Å². The van der Waals surface area contributed by atoms with E-state index in [9.17, 15) is 14.4 Å². The van der Waals surface area contributed by atoms with Crippen molar-refractivity contribution in [2.24, 2.45) is 21.4 Å². The third-order valence-electron chi connectivity index (χ3n) is 9.96. The van der Waals surface area contributed by atoms with Crippen molar-refractivity contribution in [1.82, 2.24) is 4.90 Å². The van der Waals surface area contributed by atoms with E-state index < -0.39 is 27.8 Å². The highest BCUT2D eigenvalue weighted by Crippen LogP contribution is 2.71. The van der Waals surface area contributed by atoms with E-state index in [1.165, 1.54) is 6.07 Å². The molecule has 2 aliphatic carbocycles. The van der Waals surface area contributed by atoms with Crippen molar-refractivity contribution in [3.8, 4) is 0 Å². The summed E-state index contributed by atoms with van der Waals surface area (Å²) < 4.78 is 5.30. The normalized spacial score (nSPS) is 23.3. The zero-order chi connectivity index (χ0) is 29.5. The maximum atomic E-state index is 14.7. The van der Waals surface area contributed by atoms with Crippen molar-refractivity contribution in [2.75, 3.05) is 0 Å². The van der Waals surface area contributed by atoms with Crippen LogP contribution in [0.3, 0.4) is 0 Å². The fourth-order valence-electron chi connectivity index (χ4n) is 6.95. The number of carbonyl (C=O) groups is 2. The first-order valence-electron chi connectivity index (χ1n) is 14.3. The summed E-state index contributed by atoms with van der Waals surface area (Å²) in [6, 6.07) is 28.5. The Bertz CT molecular complexity index is 1700. The Kier molecular flexibility index (Phi) is 6.84. The van der Waals surface area contributed by atoms with Gasteiger partial charge in [0, 0.05) is 30.3 Å². The molecule has 1 amide bonds. The van der Waals surface area contributed by atoms with Crippen LogP contribution in [0.4, 0.5) is 0 Å². The van der Waals surface area contributed by atoms with Gasteiger partial charge in [-0.25, -0.2) is 9.59 Å². The smallest absolute Gasteiger partial charge is 0.373 e. The van der Waals surface area contributed by atoms with Crippen LogP contribution in [0, 0.1) is 16.2 Å². The summed E-state index contributed by atoms with van der Waals surface area (Å²) in [5, 5.41) is 4.96. The van der Waals surface area contributed by atoms with E-state index in [-0.39, 0.29) is 11.5 Å². The minimum Gasteiger partial charge on any atom is -0.422 e. The average Bonchev–Trinajstić information content (AvgIpc) is 3.30. The largest absolute Gasteiger partial charge is 0.422 e. The average molecular weight is 563 g/mol. The molecule has 0 aliphatic heterocycles. The van der Waals surface area contributed by atoms with Gasteiger partial charge in [-0.2, -0.15) is 0 Å². The van der Waals surface area contributed by atoms with Crippen LogP contribution in [0.1, 0.15) is 61.5 Å². The minimum absolute atomic E-state index is 0.0793. The van der Waals surface area contributed by atoms with Gasteiger partial charge in [0.2, 0.25) is 5.91 Å². The lowest BCUT2D eigenvalue weighted by molar-refractivity contribution is -0.148. The molecule has 0 saturated heterocycles. The van der Waals surface area contributed by atoms with Gasteiger partial charge in [0.15, 0.2) is 0 Å². The highest BCUT2D eigenvalue weighted by molar-refractivity contribution is 6.03. The number of rotatable bonds is 7. The Balaban J connectivity index is 1.30. The molecule has 2 aliphatic rings. The summed E-state index contributed by atoms with van der Waals surface area (Å²) in [4.78, 5) is 47.5.